The zero-order valence-corrected chi connectivity index (χ0v) is 12.8. The summed E-state index contributed by atoms with van der Waals surface area (Å²) in [5.74, 6) is 1.83. The van der Waals surface area contributed by atoms with Gasteiger partial charge < -0.3 is 13.6 Å². The highest BCUT2D eigenvalue weighted by atomic mass is 16.5. The van der Waals surface area contributed by atoms with Gasteiger partial charge in [-0.2, -0.15) is 5.10 Å². The molecule has 3 aromatic rings. The molecule has 0 unspecified atom stereocenters. The molecule has 0 aliphatic carbocycles. The van der Waals surface area contributed by atoms with Crippen molar-refractivity contribution in [1.82, 2.24) is 5.43 Å². The molecule has 0 fully saturated rings. The molecule has 1 N–H and O–H groups in total. The van der Waals surface area contributed by atoms with Gasteiger partial charge in [-0.05, 0) is 50.2 Å². The van der Waals surface area contributed by atoms with Crippen molar-refractivity contribution in [2.45, 2.75) is 13.8 Å². The minimum atomic E-state index is -0.432. The number of ether oxygens (including phenoxy) is 1. The van der Waals surface area contributed by atoms with Gasteiger partial charge in [0.1, 0.15) is 22.9 Å². The number of hydrazone groups is 1. The molecule has 2 heterocycles. The number of aryl methyl sites for hydroxylation is 1. The van der Waals surface area contributed by atoms with Gasteiger partial charge in [0.2, 0.25) is 0 Å². The largest absolute Gasteiger partial charge is 0.494 e. The molecule has 118 valence electrons. The van der Waals surface area contributed by atoms with Crippen LogP contribution in [-0.4, -0.2) is 18.7 Å². The summed E-state index contributed by atoms with van der Waals surface area (Å²) in [5.41, 5.74) is 3.02. The summed E-state index contributed by atoms with van der Waals surface area (Å²) in [7, 11) is 0. The summed E-state index contributed by atoms with van der Waals surface area (Å²) in [4.78, 5) is 12.0. The molecule has 0 radical (unpaired) electrons. The Bertz CT molecular complexity index is 860. The van der Waals surface area contributed by atoms with Crippen LogP contribution in [-0.2, 0) is 0 Å². The maximum atomic E-state index is 12.0. The fourth-order valence-corrected chi connectivity index (χ4v) is 2.12. The second-order valence-electron chi connectivity index (χ2n) is 4.89. The van der Waals surface area contributed by atoms with E-state index in [1.54, 1.807) is 24.3 Å². The first kappa shape index (κ1) is 14.9. The fourth-order valence-electron chi connectivity index (χ4n) is 2.12. The van der Waals surface area contributed by atoms with Crippen molar-refractivity contribution in [2.75, 3.05) is 6.61 Å². The third kappa shape index (κ3) is 3.42. The van der Waals surface area contributed by atoms with Crippen LogP contribution in [0.3, 0.4) is 0 Å². The minimum Gasteiger partial charge on any atom is -0.494 e. The van der Waals surface area contributed by atoms with Gasteiger partial charge in [-0.1, -0.05) is 0 Å². The standard InChI is InChI=1S/C17H16N2O4/c1-3-21-13-6-7-15-12(8-13)9-16(23-15)17(20)19-18-10-14-5-4-11(2)22-14/h4-10H,3H2,1-2H3,(H,19,20)/b18-10+. The average Bonchev–Trinajstić information content (AvgIpc) is 3.13. The first-order valence-electron chi connectivity index (χ1n) is 7.22. The van der Waals surface area contributed by atoms with Gasteiger partial charge in [-0.25, -0.2) is 5.43 Å². The summed E-state index contributed by atoms with van der Waals surface area (Å²) < 4.78 is 16.2. The number of carbonyl (C=O) groups is 1. The van der Waals surface area contributed by atoms with E-state index in [9.17, 15) is 4.79 Å². The second-order valence-corrected chi connectivity index (χ2v) is 4.89. The lowest BCUT2D eigenvalue weighted by Gasteiger charge is -2.00. The Kier molecular flexibility index (Phi) is 4.14. The Labute approximate surface area is 132 Å². The van der Waals surface area contributed by atoms with Crippen LogP contribution in [0.5, 0.6) is 5.75 Å². The van der Waals surface area contributed by atoms with E-state index >= 15 is 0 Å². The van der Waals surface area contributed by atoms with Crippen molar-refractivity contribution in [3.05, 3.63) is 53.7 Å². The summed E-state index contributed by atoms with van der Waals surface area (Å²) in [6, 6.07) is 10.6. The van der Waals surface area contributed by atoms with Gasteiger partial charge in [0.25, 0.3) is 0 Å². The lowest BCUT2D eigenvalue weighted by atomic mass is 10.2. The van der Waals surface area contributed by atoms with E-state index in [-0.39, 0.29) is 5.76 Å². The van der Waals surface area contributed by atoms with E-state index < -0.39 is 5.91 Å². The Morgan fingerprint density at radius 1 is 1.26 bits per heavy atom. The first-order valence-corrected chi connectivity index (χ1v) is 7.22. The molecule has 6 heteroatoms. The monoisotopic (exact) mass is 312 g/mol. The molecule has 23 heavy (non-hydrogen) atoms. The van der Waals surface area contributed by atoms with Crippen LogP contribution < -0.4 is 10.2 Å². The quantitative estimate of drug-likeness (QED) is 0.578. The molecule has 1 amide bonds. The SMILES string of the molecule is CCOc1ccc2oc(C(=O)N/N=C/c3ccc(C)o3)cc2c1. The first-order chi connectivity index (χ1) is 11.2. The highest BCUT2D eigenvalue weighted by Crippen LogP contribution is 2.24. The van der Waals surface area contributed by atoms with Crippen molar-refractivity contribution in [1.29, 1.82) is 0 Å². The third-order valence-electron chi connectivity index (χ3n) is 3.14. The maximum absolute atomic E-state index is 12.0. The number of carbonyl (C=O) groups excluding carboxylic acids is 1. The average molecular weight is 312 g/mol. The number of hydrogen-bond acceptors (Lipinski definition) is 5. The second kappa shape index (κ2) is 6.39. The predicted octanol–water partition coefficient (Wildman–Crippen LogP) is 3.50. The van der Waals surface area contributed by atoms with Gasteiger partial charge >= 0.3 is 5.91 Å². The highest BCUT2D eigenvalue weighted by molar-refractivity contribution is 5.96. The zero-order valence-electron chi connectivity index (χ0n) is 12.8. The molecule has 2 aromatic heterocycles. The lowest BCUT2D eigenvalue weighted by Crippen LogP contribution is -2.16. The van der Waals surface area contributed by atoms with E-state index in [1.807, 2.05) is 26.0 Å². The van der Waals surface area contributed by atoms with Gasteiger partial charge in [0.15, 0.2) is 5.76 Å². The minimum absolute atomic E-state index is 0.182. The summed E-state index contributed by atoms with van der Waals surface area (Å²) in [6.45, 7) is 4.33. The van der Waals surface area contributed by atoms with Crippen molar-refractivity contribution in [3.63, 3.8) is 0 Å². The summed E-state index contributed by atoms with van der Waals surface area (Å²) in [6.07, 6.45) is 1.43. The molecule has 3 rings (SSSR count). The molecule has 0 saturated heterocycles. The van der Waals surface area contributed by atoms with Crippen molar-refractivity contribution >= 4 is 23.1 Å². The number of fused-ring (bicyclic) bond motifs is 1. The molecule has 6 nitrogen and oxygen atoms in total. The molecule has 0 saturated carbocycles. The van der Waals surface area contributed by atoms with E-state index in [4.69, 9.17) is 13.6 Å². The van der Waals surface area contributed by atoms with Crippen LogP contribution in [0.1, 0.15) is 29.0 Å². The highest BCUT2D eigenvalue weighted by Gasteiger charge is 2.12. The molecule has 1 aromatic carbocycles. The van der Waals surface area contributed by atoms with Gasteiger partial charge in [0, 0.05) is 5.39 Å². The Morgan fingerprint density at radius 3 is 2.87 bits per heavy atom. The van der Waals surface area contributed by atoms with Crippen LogP contribution in [0.2, 0.25) is 0 Å². The molecule has 0 bridgehead atoms. The summed E-state index contributed by atoms with van der Waals surface area (Å²) >= 11 is 0. The van der Waals surface area contributed by atoms with E-state index in [1.165, 1.54) is 6.21 Å². The van der Waals surface area contributed by atoms with Crippen LogP contribution in [0.15, 0.2) is 50.3 Å². The fraction of sp³-hybridized carbons (Fsp3) is 0.176. The van der Waals surface area contributed by atoms with E-state index in [0.717, 1.165) is 16.9 Å². The normalized spacial score (nSPS) is 11.2. The Balaban J connectivity index is 1.71. The number of furan rings is 2. The summed E-state index contributed by atoms with van der Waals surface area (Å²) in [5, 5.41) is 4.64. The smallest absolute Gasteiger partial charge is 0.307 e. The number of nitrogens with zero attached hydrogens (tertiary/aromatic N) is 1. The predicted molar refractivity (Wildman–Crippen MR) is 85.9 cm³/mol. The number of benzene rings is 1. The topological polar surface area (TPSA) is 77.0 Å². The van der Waals surface area contributed by atoms with Crippen LogP contribution in [0, 0.1) is 6.92 Å². The Hall–Kier alpha value is -3.02. The van der Waals surface area contributed by atoms with Crippen molar-refractivity contribution < 1.29 is 18.4 Å². The number of rotatable bonds is 5. The molecule has 0 aliphatic heterocycles. The molecule has 0 atom stereocenters. The van der Waals surface area contributed by atoms with Gasteiger partial charge in [0.05, 0.1) is 12.8 Å². The molecule has 0 aliphatic rings. The third-order valence-corrected chi connectivity index (χ3v) is 3.14. The Morgan fingerprint density at radius 2 is 2.13 bits per heavy atom. The lowest BCUT2D eigenvalue weighted by molar-refractivity contribution is 0.0929. The number of hydrogen-bond donors (Lipinski definition) is 1. The maximum Gasteiger partial charge on any atom is 0.307 e. The molecular formula is C17H16N2O4. The molecule has 0 spiro atoms. The van der Waals surface area contributed by atoms with E-state index in [2.05, 4.69) is 10.5 Å². The van der Waals surface area contributed by atoms with Gasteiger partial charge in [-0.3, -0.25) is 4.79 Å². The zero-order chi connectivity index (χ0) is 16.2. The van der Waals surface area contributed by atoms with Gasteiger partial charge in [-0.15, -0.1) is 0 Å². The number of amides is 1. The van der Waals surface area contributed by atoms with E-state index in [0.29, 0.717) is 18.0 Å². The van der Waals surface area contributed by atoms with Crippen LogP contribution in [0.4, 0.5) is 0 Å². The van der Waals surface area contributed by atoms with Crippen molar-refractivity contribution in [3.8, 4) is 5.75 Å². The van der Waals surface area contributed by atoms with Crippen LogP contribution >= 0.6 is 0 Å². The van der Waals surface area contributed by atoms with Crippen LogP contribution in [0.25, 0.3) is 11.0 Å². The van der Waals surface area contributed by atoms with Crippen molar-refractivity contribution in [2.24, 2.45) is 5.10 Å². The number of nitrogens with one attached hydrogen (secondary N) is 1. The molecular weight excluding hydrogens is 296 g/mol.